The summed E-state index contributed by atoms with van der Waals surface area (Å²) >= 11 is 0. The summed E-state index contributed by atoms with van der Waals surface area (Å²) in [6.45, 7) is -1.08. The van der Waals surface area contributed by atoms with Crippen LogP contribution in [-0.2, 0) is 9.36 Å². The predicted molar refractivity (Wildman–Crippen MR) is 45.6 cm³/mol. The molecule has 0 saturated carbocycles. The quantitative estimate of drug-likeness (QED) is 0.254. The normalized spacial score (nSPS) is 14.2. The maximum atomic E-state index is 10.5. The number of carboxylic acids is 1. The van der Waals surface area contributed by atoms with Crippen molar-refractivity contribution in [3.8, 4) is 0 Å². The Morgan fingerprint density at radius 1 is 1.29 bits per heavy atom. The van der Waals surface area contributed by atoms with Crippen molar-refractivity contribution < 1.29 is 38.9 Å². The molecule has 0 fully saturated rings. The Bertz CT molecular complexity index is 298. The minimum atomic E-state index is -5.17. The van der Waals surface area contributed by atoms with Gasteiger partial charge in [0.1, 0.15) is 6.54 Å². The number of aliphatic carboxylic acids is 1. The summed E-state index contributed by atoms with van der Waals surface area (Å²) in [4.78, 5) is 55.2. The molecule has 0 radical (unpaired) electrons. The zero-order valence-corrected chi connectivity index (χ0v) is 8.34. The average molecular weight is 248 g/mol. The van der Waals surface area contributed by atoms with E-state index in [2.05, 4.69) is 4.99 Å². The Balaban J connectivity index is 5.04. The average Bonchev–Trinajstić information content (AvgIpc) is 1.78. The van der Waals surface area contributed by atoms with Gasteiger partial charge in [0.2, 0.25) is 0 Å². The van der Waals surface area contributed by atoms with E-state index in [9.17, 15) is 9.36 Å². The monoisotopic (exact) mass is 248 g/mol. The van der Waals surface area contributed by atoms with Gasteiger partial charge in [0, 0.05) is 0 Å². The summed E-state index contributed by atoms with van der Waals surface area (Å²) in [5.41, 5.74) is 0. The van der Waals surface area contributed by atoms with Crippen molar-refractivity contribution in [1.29, 1.82) is 0 Å². The molecule has 82 valence electrons. The number of aliphatic imine (C=N–C) groups is 1. The van der Waals surface area contributed by atoms with Gasteiger partial charge in [-0.15, -0.1) is 0 Å². The Morgan fingerprint density at radius 3 is 1.93 bits per heavy atom. The largest absolute Gasteiger partial charge is 0.480 e. The maximum Gasteiger partial charge on any atom is 0.469 e. The summed E-state index contributed by atoms with van der Waals surface area (Å²) in [6, 6.07) is 0. The van der Waals surface area contributed by atoms with E-state index in [4.69, 9.17) is 29.6 Å². The first-order valence-corrected chi connectivity index (χ1v) is 6.21. The molecule has 0 spiro atoms. The second-order valence-electron chi connectivity index (χ2n) is 2.12. The van der Waals surface area contributed by atoms with E-state index in [1.54, 1.807) is 0 Å². The summed E-state index contributed by atoms with van der Waals surface area (Å²) in [7, 11) is -10.1. The van der Waals surface area contributed by atoms with Crippen molar-refractivity contribution in [1.82, 2.24) is 0 Å². The molecule has 0 bridgehead atoms. The van der Waals surface area contributed by atoms with Gasteiger partial charge in [-0.3, -0.25) is 4.79 Å². The molecule has 0 saturated heterocycles. The van der Waals surface area contributed by atoms with Gasteiger partial charge in [0.05, 0.1) is 0 Å². The highest BCUT2D eigenvalue weighted by Gasteiger charge is 2.51. The van der Waals surface area contributed by atoms with Crippen molar-refractivity contribution >= 4 is 26.7 Å². The predicted octanol–water partition coefficient (Wildman–Crippen LogP) is -1.66. The van der Waals surface area contributed by atoms with Gasteiger partial charge in [0.15, 0.2) is 0 Å². The summed E-state index contributed by atoms with van der Waals surface area (Å²) < 4.78 is 10.5. The number of rotatable bonds is 4. The van der Waals surface area contributed by atoms with Crippen molar-refractivity contribution in [2.75, 3.05) is 6.54 Å². The first-order chi connectivity index (χ1) is 6.05. The van der Waals surface area contributed by atoms with Gasteiger partial charge < -0.3 is 14.9 Å². The maximum absolute atomic E-state index is 10.5. The molecule has 14 heavy (non-hydrogen) atoms. The van der Waals surface area contributed by atoms with Gasteiger partial charge in [0.25, 0.3) is 0 Å². The van der Waals surface area contributed by atoms with Gasteiger partial charge in [-0.05, 0) is 0 Å². The number of nitrogens with zero attached hydrogens (tertiary/aromatic N) is 1. The van der Waals surface area contributed by atoms with Crippen LogP contribution in [0.2, 0.25) is 0 Å². The van der Waals surface area contributed by atoms with Crippen LogP contribution in [0.1, 0.15) is 0 Å². The third kappa shape index (κ3) is 4.73. The second-order valence-corrected chi connectivity index (χ2v) is 5.55. The standard InChI is InChI=1S/C3H7NO8P2/c5-2(6)1-4-3(13(7,8)9)14(10,11)12/h7-9H,1H2,(H2-,5,6,10,11,12)/p+1. The van der Waals surface area contributed by atoms with Crippen LogP contribution in [0.3, 0.4) is 0 Å². The van der Waals surface area contributed by atoms with Crippen LogP contribution in [0, 0.1) is 0 Å². The van der Waals surface area contributed by atoms with Gasteiger partial charge in [-0.1, -0.05) is 0 Å². The first-order valence-electron chi connectivity index (χ1n) is 2.95. The van der Waals surface area contributed by atoms with E-state index in [1.807, 2.05) is 0 Å². The lowest BCUT2D eigenvalue weighted by atomic mass is 10.7. The summed E-state index contributed by atoms with van der Waals surface area (Å²) in [6.07, 6.45) is 0. The van der Waals surface area contributed by atoms with E-state index < -0.39 is 33.2 Å². The summed E-state index contributed by atoms with van der Waals surface area (Å²) in [5.74, 6) is -1.54. The third-order valence-corrected chi connectivity index (χ3v) is 3.81. The topological polar surface area (TPSA) is 168 Å². The van der Waals surface area contributed by atoms with Gasteiger partial charge in [-0.2, -0.15) is 14.7 Å². The molecule has 0 aliphatic rings. The Labute approximate surface area is 78.1 Å². The molecule has 6 N–H and O–H groups in total. The number of carboxylic acid groups (broad SMARTS) is 1. The smallest absolute Gasteiger partial charge is 0.469 e. The van der Waals surface area contributed by atoms with E-state index >= 15 is 0 Å². The number of carbonyl (C=O) groups is 1. The molecular formula is C3H8NO8P2+. The lowest BCUT2D eigenvalue weighted by Gasteiger charge is -2.06. The Kier molecular flexibility index (Phi) is 4.29. The van der Waals surface area contributed by atoms with Crippen LogP contribution in [0.4, 0.5) is 0 Å². The van der Waals surface area contributed by atoms with E-state index in [-0.39, 0.29) is 0 Å². The van der Waals surface area contributed by atoms with Crippen LogP contribution in [0.15, 0.2) is 4.99 Å². The van der Waals surface area contributed by atoms with Crippen LogP contribution in [0.25, 0.3) is 0 Å². The van der Waals surface area contributed by atoms with Crippen LogP contribution in [0.5, 0.6) is 0 Å². The zero-order chi connectivity index (χ0) is 11.6. The van der Waals surface area contributed by atoms with Crippen molar-refractivity contribution in [3.63, 3.8) is 0 Å². The summed E-state index contributed by atoms with van der Waals surface area (Å²) in [5, 5.41) is 6.50. The molecule has 0 rings (SSSR count). The molecule has 0 aromatic rings. The molecule has 0 aromatic carbocycles. The van der Waals surface area contributed by atoms with E-state index in [0.717, 1.165) is 0 Å². The van der Waals surface area contributed by atoms with Gasteiger partial charge >= 0.3 is 26.7 Å². The fraction of sp³-hybridized carbons (Fsp3) is 0.333. The van der Waals surface area contributed by atoms with Crippen molar-refractivity contribution in [2.24, 2.45) is 4.99 Å². The molecule has 0 unspecified atom stereocenters. The molecule has 0 aliphatic carbocycles. The molecule has 0 atom stereocenters. The van der Waals surface area contributed by atoms with Crippen LogP contribution < -0.4 is 0 Å². The molecule has 11 heteroatoms. The van der Waals surface area contributed by atoms with E-state index in [1.165, 1.54) is 0 Å². The molecular weight excluding hydrogens is 240 g/mol. The Hall–Kier alpha value is -0.400. The molecule has 0 heterocycles. The highest BCUT2D eigenvalue weighted by molar-refractivity contribution is 8.00. The second kappa shape index (κ2) is 4.41. The third-order valence-electron chi connectivity index (χ3n) is 0.885. The number of hydrogen-bond acceptors (Lipinski definition) is 6. The first kappa shape index (κ1) is 13.6. The SMILES string of the molecule is O=C(O)CN=C(P(=O)(O)O)[P+](O)(O)O. The lowest BCUT2D eigenvalue weighted by molar-refractivity contribution is -0.135. The highest BCUT2D eigenvalue weighted by Crippen LogP contribution is 2.60. The molecule has 0 aliphatic heterocycles. The van der Waals surface area contributed by atoms with Crippen LogP contribution >= 0.6 is 15.5 Å². The number of hydrogen-bond donors (Lipinski definition) is 6. The fourth-order valence-corrected chi connectivity index (χ4v) is 2.41. The Morgan fingerprint density at radius 2 is 1.71 bits per heavy atom. The van der Waals surface area contributed by atoms with Crippen LogP contribution in [-0.4, -0.2) is 47.3 Å². The van der Waals surface area contributed by atoms with Crippen molar-refractivity contribution in [2.45, 2.75) is 0 Å². The zero-order valence-electron chi connectivity index (χ0n) is 6.55. The van der Waals surface area contributed by atoms with Gasteiger partial charge in [-0.25, -0.2) is 9.56 Å². The van der Waals surface area contributed by atoms with E-state index in [0.29, 0.717) is 0 Å². The molecule has 0 amide bonds. The minimum absolute atomic E-state index is 1.08. The molecule has 9 nitrogen and oxygen atoms in total. The van der Waals surface area contributed by atoms with Crippen molar-refractivity contribution in [3.05, 3.63) is 0 Å². The highest BCUT2D eigenvalue weighted by atomic mass is 31.3. The molecule has 0 aromatic heterocycles. The lowest BCUT2D eigenvalue weighted by Crippen LogP contribution is -2.10. The fourth-order valence-electron chi connectivity index (χ4n) is 0.500. The minimum Gasteiger partial charge on any atom is -0.480 e.